The van der Waals surface area contributed by atoms with Crippen LogP contribution in [0.25, 0.3) is 0 Å². The summed E-state index contributed by atoms with van der Waals surface area (Å²) < 4.78 is 5.16. The van der Waals surface area contributed by atoms with Crippen molar-refractivity contribution >= 4 is 23.6 Å². The van der Waals surface area contributed by atoms with E-state index >= 15 is 0 Å². The molecule has 2 atom stereocenters. The fraction of sp³-hybridized carbons (Fsp3) is 0.474. The van der Waals surface area contributed by atoms with E-state index in [1.54, 1.807) is 24.3 Å². The van der Waals surface area contributed by atoms with E-state index in [2.05, 4.69) is 25.2 Å². The van der Waals surface area contributed by atoms with Crippen LogP contribution in [0.5, 0.6) is 0 Å². The van der Waals surface area contributed by atoms with Gasteiger partial charge in [-0.3, -0.25) is 10.1 Å². The monoisotopic (exact) mass is 347 g/mol. The third-order valence-electron chi connectivity index (χ3n) is 5.53. The van der Waals surface area contributed by atoms with Crippen LogP contribution >= 0.6 is 11.6 Å². The third kappa shape index (κ3) is 3.34. The first-order valence-electron chi connectivity index (χ1n) is 8.30. The highest BCUT2D eigenvalue weighted by Gasteiger charge is 2.50. The molecule has 2 bridgehead atoms. The second kappa shape index (κ2) is 6.60. The number of imide groups is 1. The standard InChI is InChI=1S/C19H22ClNO3/c1-19(2)14-6-3-12(16(19)11-14)9-10-24-18(23)21-17(22)13-4-7-15(20)8-5-13/h3-5,7-8,14,16H,6,9-11H2,1-2H3,(H,21,22,23)/t14-,16+/m1/s1. The first-order chi connectivity index (χ1) is 11.4. The van der Waals surface area contributed by atoms with Gasteiger partial charge in [-0.2, -0.15) is 0 Å². The van der Waals surface area contributed by atoms with Crippen molar-refractivity contribution in [3.63, 3.8) is 0 Å². The first-order valence-corrected chi connectivity index (χ1v) is 8.68. The molecule has 0 heterocycles. The average molecular weight is 348 g/mol. The predicted octanol–water partition coefficient (Wildman–Crippen LogP) is 4.59. The number of allylic oxidation sites excluding steroid dienone is 1. The van der Waals surface area contributed by atoms with Gasteiger partial charge in [0.15, 0.2) is 0 Å². The number of amides is 2. The quantitative estimate of drug-likeness (QED) is 0.810. The average Bonchev–Trinajstić information content (AvgIpc) is 2.55. The molecular formula is C19H22ClNO3. The van der Waals surface area contributed by atoms with Crippen molar-refractivity contribution in [3.05, 3.63) is 46.5 Å². The van der Waals surface area contributed by atoms with Gasteiger partial charge in [0.05, 0.1) is 6.61 Å². The molecule has 1 aromatic rings. The van der Waals surface area contributed by atoms with E-state index in [1.807, 2.05) is 0 Å². The Kier molecular flexibility index (Phi) is 4.68. The second-order valence-corrected chi connectivity index (χ2v) is 7.60. The van der Waals surface area contributed by atoms with Crippen molar-refractivity contribution < 1.29 is 14.3 Å². The van der Waals surface area contributed by atoms with Crippen molar-refractivity contribution in [1.82, 2.24) is 5.32 Å². The lowest BCUT2D eigenvalue weighted by atomic mass is 9.48. The van der Waals surface area contributed by atoms with Crippen LogP contribution in [-0.4, -0.2) is 18.6 Å². The molecule has 5 heteroatoms. The summed E-state index contributed by atoms with van der Waals surface area (Å²) >= 11 is 5.77. The molecule has 0 saturated heterocycles. The largest absolute Gasteiger partial charge is 0.449 e. The number of carbonyl (C=O) groups excluding carboxylic acids is 2. The number of alkyl carbamates (subject to hydrolysis) is 1. The highest BCUT2D eigenvalue weighted by atomic mass is 35.5. The molecule has 2 amide bonds. The Labute approximate surface area is 147 Å². The summed E-state index contributed by atoms with van der Waals surface area (Å²) in [6.45, 7) is 4.93. The van der Waals surface area contributed by atoms with E-state index in [0.29, 0.717) is 28.5 Å². The fourth-order valence-electron chi connectivity index (χ4n) is 3.82. The van der Waals surface area contributed by atoms with Gasteiger partial charge in [-0.1, -0.05) is 37.1 Å². The zero-order chi connectivity index (χ0) is 17.3. The van der Waals surface area contributed by atoms with E-state index in [-0.39, 0.29) is 0 Å². The van der Waals surface area contributed by atoms with Crippen LogP contribution in [0, 0.1) is 17.3 Å². The molecule has 128 valence electrons. The lowest BCUT2D eigenvalue weighted by Crippen LogP contribution is -2.48. The van der Waals surface area contributed by atoms with Gasteiger partial charge in [0.1, 0.15) is 0 Å². The van der Waals surface area contributed by atoms with Crippen molar-refractivity contribution in [2.75, 3.05) is 6.61 Å². The van der Waals surface area contributed by atoms with Crippen LogP contribution < -0.4 is 5.32 Å². The molecule has 4 rings (SSSR count). The first kappa shape index (κ1) is 17.0. The Morgan fingerprint density at radius 3 is 2.62 bits per heavy atom. The van der Waals surface area contributed by atoms with Gasteiger partial charge in [-0.05, 0) is 54.4 Å². The van der Waals surface area contributed by atoms with Gasteiger partial charge in [-0.25, -0.2) is 4.79 Å². The number of hydrogen-bond acceptors (Lipinski definition) is 3. The van der Waals surface area contributed by atoms with Crippen molar-refractivity contribution in [2.45, 2.75) is 33.1 Å². The number of ether oxygens (including phenoxy) is 1. The number of nitrogens with one attached hydrogen (secondary N) is 1. The molecule has 24 heavy (non-hydrogen) atoms. The van der Waals surface area contributed by atoms with Gasteiger partial charge >= 0.3 is 6.09 Å². The van der Waals surface area contributed by atoms with E-state index in [1.165, 1.54) is 12.0 Å². The Hall–Kier alpha value is -1.81. The van der Waals surface area contributed by atoms with Gasteiger partial charge < -0.3 is 4.74 Å². The summed E-state index contributed by atoms with van der Waals surface area (Å²) in [6, 6.07) is 6.33. The highest BCUT2D eigenvalue weighted by Crippen LogP contribution is 2.59. The zero-order valence-electron chi connectivity index (χ0n) is 14.0. The lowest BCUT2D eigenvalue weighted by Gasteiger charge is -2.56. The van der Waals surface area contributed by atoms with Crippen molar-refractivity contribution in [2.24, 2.45) is 17.3 Å². The maximum Gasteiger partial charge on any atom is 0.414 e. The van der Waals surface area contributed by atoms with Crippen molar-refractivity contribution in [1.29, 1.82) is 0 Å². The lowest BCUT2D eigenvalue weighted by molar-refractivity contribution is -0.00968. The second-order valence-electron chi connectivity index (χ2n) is 7.17. The van der Waals surface area contributed by atoms with E-state index < -0.39 is 12.0 Å². The summed E-state index contributed by atoms with van der Waals surface area (Å²) in [4.78, 5) is 23.7. The summed E-state index contributed by atoms with van der Waals surface area (Å²) in [5.41, 5.74) is 2.13. The Bertz CT molecular complexity index is 678. The Morgan fingerprint density at radius 2 is 2.00 bits per heavy atom. The van der Waals surface area contributed by atoms with E-state index in [9.17, 15) is 9.59 Å². The van der Waals surface area contributed by atoms with Crippen LogP contribution in [0.3, 0.4) is 0 Å². The molecule has 0 aliphatic heterocycles. The van der Waals surface area contributed by atoms with Gasteiger partial charge in [0.25, 0.3) is 5.91 Å². The molecule has 0 radical (unpaired) electrons. The molecule has 4 nitrogen and oxygen atoms in total. The zero-order valence-corrected chi connectivity index (χ0v) is 14.7. The molecule has 0 spiro atoms. The molecule has 1 saturated carbocycles. The summed E-state index contributed by atoms with van der Waals surface area (Å²) in [5.74, 6) is 0.919. The van der Waals surface area contributed by atoms with Crippen LogP contribution in [0.2, 0.25) is 5.02 Å². The normalized spacial score (nSPS) is 23.7. The van der Waals surface area contributed by atoms with Crippen LogP contribution in [0.15, 0.2) is 35.9 Å². The van der Waals surface area contributed by atoms with E-state index in [0.717, 1.165) is 18.8 Å². The number of fused-ring (bicyclic) bond motifs is 1. The van der Waals surface area contributed by atoms with Gasteiger partial charge in [-0.15, -0.1) is 0 Å². The van der Waals surface area contributed by atoms with Crippen LogP contribution in [0.4, 0.5) is 4.79 Å². The summed E-state index contributed by atoms with van der Waals surface area (Å²) in [7, 11) is 0. The molecule has 3 aliphatic carbocycles. The SMILES string of the molecule is CC1(C)[C@@H]2CC=C(CCOC(=O)NC(=O)c3ccc(Cl)cc3)[C@@H]1C2. The molecular weight excluding hydrogens is 326 g/mol. The van der Waals surface area contributed by atoms with E-state index in [4.69, 9.17) is 16.3 Å². The smallest absolute Gasteiger partial charge is 0.414 e. The topological polar surface area (TPSA) is 55.4 Å². The Balaban J connectivity index is 1.44. The number of halogens is 1. The van der Waals surface area contributed by atoms with Crippen LogP contribution in [0.1, 0.15) is 43.5 Å². The minimum atomic E-state index is -0.711. The minimum absolute atomic E-state index is 0.294. The number of hydrogen-bond donors (Lipinski definition) is 1. The molecule has 1 N–H and O–H groups in total. The minimum Gasteiger partial charge on any atom is -0.449 e. The fourth-order valence-corrected chi connectivity index (χ4v) is 3.95. The van der Waals surface area contributed by atoms with Gasteiger partial charge in [0, 0.05) is 17.0 Å². The number of carbonyl (C=O) groups is 2. The van der Waals surface area contributed by atoms with Gasteiger partial charge in [0.2, 0.25) is 0 Å². The predicted molar refractivity (Wildman–Crippen MR) is 93.0 cm³/mol. The van der Waals surface area contributed by atoms with Crippen molar-refractivity contribution in [3.8, 4) is 0 Å². The number of rotatable bonds is 4. The third-order valence-corrected chi connectivity index (χ3v) is 5.78. The maximum absolute atomic E-state index is 11.9. The van der Waals surface area contributed by atoms with Crippen LogP contribution in [-0.2, 0) is 4.74 Å². The summed E-state index contributed by atoms with van der Waals surface area (Å²) in [5, 5.41) is 2.77. The molecule has 0 aromatic heterocycles. The molecule has 1 fully saturated rings. The Morgan fingerprint density at radius 1 is 1.29 bits per heavy atom. The molecule has 3 aliphatic rings. The highest BCUT2D eigenvalue weighted by molar-refractivity contribution is 6.30. The number of benzene rings is 1. The maximum atomic E-state index is 11.9. The molecule has 1 aromatic carbocycles. The molecule has 0 unspecified atom stereocenters. The summed E-state index contributed by atoms with van der Waals surface area (Å²) in [6.07, 6.45) is 4.70.